The number of hydrogen-bond acceptors (Lipinski definition) is 4. The lowest BCUT2D eigenvalue weighted by Crippen LogP contribution is -2.43. The lowest BCUT2D eigenvalue weighted by molar-refractivity contribution is 0.0230. The molecule has 2 heterocycles. The molecule has 2 aliphatic heterocycles. The maximum absolute atomic E-state index is 13.5. The van der Waals surface area contributed by atoms with Crippen LogP contribution in [-0.2, 0) is 15.9 Å². The number of nitrogens with zero attached hydrogens (tertiary/aromatic N) is 2. The molecular formula is C25H29FN2O4. The van der Waals surface area contributed by atoms with Gasteiger partial charge in [-0.3, -0.25) is 4.90 Å². The van der Waals surface area contributed by atoms with Crippen LogP contribution < -0.4 is 0 Å². The summed E-state index contributed by atoms with van der Waals surface area (Å²) in [5, 5.41) is 0. The summed E-state index contributed by atoms with van der Waals surface area (Å²) in [5.41, 5.74) is 2.44. The number of carbonyl (C=O) groups excluding carboxylic acids is 2. The van der Waals surface area contributed by atoms with Crippen molar-refractivity contribution in [1.82, 2.24) is 9.80 Å². The molecule has 1 saturated heterocycles. The third-order valence-electron chi connectivity index (χ3n) is 5.77. The predicted molar refractivity (Wildman–Crippen MR) is 118 cm³/mol. The van der Waals surface area contributed by atoms with Crippen LogP contribution in [0.25, 0.3) is 0 Å². The van der Waals surface area contributed by atoms with Crippen LogP contribution in [0.4, 0.5) is 14.0 Å². The van der Waals surface area contributed by atoms with Crippen molar-refractivity contribution in [2.75, 3.05) is 19.6 Å². The van der Waals surface area contributed by atoms with Gasteiger partial charge in [0, 0.05) is 19.5 Å². The predicted octanol–water partition coefficient (Wildman–Crippen LogP) is 4.92. The Hall–Kier alpha value is -3.09. The smallest absolute Gasteiger partial charge is 0.410 e. The number of ether oxygens (including phenoxy) is 2. The maximum atomic E-state index is 13.5. The topological polar surface area (TPSA) is 59.1 Å². The van der Waals surface area contributed by atoms with Gasteiger partial charge in [-0.2, -0.15) is 0 Å². The first kappa shape index (κ1) is 22.1. The van der Waals surface area contributed by atoms with Gasteiger partial charge in [-0.1, -0.05) is 36.4 Å². The minimum absolute atomic E-state index is 0.312. The first-order valence-corrected chi connectivity index (χ1v) is 11.0. The molecule has 2 aromatic carbocycles. The third kappa shape index (κ3) is 4.87. The van der Waals surface area contributed by atoms with Crippen molar-refractivity contribution in [3.05, 3.63) is 71.0 Å². The molecular weight excluding hydrogens is 411 g/mol. The molecule has 1 unspecified atom stereocenters. The van der Waals surface area contributed by atoms with E-state index in [0.29, 0.717) is 26.1 Å². The van der Waals surface area contributed by atoms with Gasteiger partial charge in [-0.25, -0.2) is 14.0 Å². The van der Waals surface area contributed by atoms with E-state index in [1.54, 1.807) is 21.9 Å². The molecule has 7 heteroatoms. The standard InChI is InChI=1S/C25H29FN2O4/c1-25(2,3)32-23(29)27-14-13-20(16-27)31-24(30)28-15-12-17-6-4-5-7-21(17)22(28)18-8-10-19(26)11-9-18/h4-11,20,22H,12-16H2,1-3H3/t20-,22?/m1/s1. The van der Waals surface area contributed by atoms with Gasteiger partial charge in [0.2, 0.25) is 0 Å². The summed E-state index contributed by atoms with van der Waals surface area (Å²) < 4.78 is 24.8. The zero-order valence-electron chi connectivity index (χ0n) is 18.7. The van der Waals surface area contributed by atoms with Gasteiger partial charge in [-0.05, 0) is 56.0 Å². The molecule has 170 valence electrons. The summed E-state index contributed by atoms with van der Waals surface area (Å²) in [7, 11) is 0. The number of benzene rings is 2. The highest BCUT2D eigenvalue weighted by Crippen LogP contribution is 2.36. The number of likely N-dealkylation sites (tertiary alicyclic amines) is 1. The minimum Gasteiger partial charge on any atom is -0.444 e. The van der Waals surface area contributed by atoms with E-state index in [1.807, 2.05) is 39.0 Å². The highest BCUT2D eigenvalue weighted by Gasteiger charge is 2.36. The molecule has 4 rings (SSSR count). The molecule has 2 aromatic rings. The van der Waals surface area contributed by atoms with E-state index in [-0.39, 0.29) is 18.0 Å². The number of rotatable bonds is 2. The Morgan fingerprint density at radius 2 is 1.72 bits per heavy atom. The highest BCUT2D eigenvalue weighted by molar-refractivity contribution is 5.71. The van der Waals surface area contributed by atoms with Crippen LogP contribution in [0, 0.1) is 5.82 Å². The first-order valence-electron chi connectivity index (χ1n) is 11.0. The Morgan fingerprint density at radius 1 is 1.00 bits per heavy atom. The molecule has 0 N–H and O–H groups in total. The number of amides is 2. The Balaban J connectivity index is 1.49. The Bertz CT molecular complexity index is 986. The zero-order chi connectivity index (χ0) is 22.9. The van der Waals surface area contributed by atoms with Crippen molar-refractivity contribution in [1.29, 1.82) is 0 Å². The van der Waals surface area contributed by atoms with Gasteiger partial charge in [0.05, 0.1) is 12.6 Å². The molecule has 2 amide bonds. The second-order valence-electron chi connectivity index (χ2n) is 9.32. The molecule has 0 aliphatic carbocycles. The quantitative estimate of drug-likeness (QED) is 0.665. The normalized spacial score (nSPS) is 20.6. The van der Waals surface area contributed by atoms with Crippen molar-refractivity contribution in [2.24, 2.45) is 0 Å². The highest BCUT2D eigenvalue weighted by atomic mass is 19.1. The number of fused-ring (bicyclic) bond motifs is 1. The minimum atomic E-state index is -0.574. The van der Waals surface area contributed by atoms with Gasteiger partial charge >= 0.3 is 12.2 Å². The van der Waals surface area contributed by atoms with E-state index >= 15 is 0 Å². The maximum Gasteiger partial charge on any atom is 0.410 e. The monoisotopic (exact) mass is 440 g/mol. The van der Waals surface area contributed by atoms with Crippen LogP contribution in [0.1, 0.15) is 49.9 Å². The van der Waals surface area contributed by atoms with Crippen LogP contribution in [0.2, 0.25) is 0 Å². The Morgan fingerprint density at radius 3 is 2.44 bits per heavy atom. The molecule has 0 aromatic heterocycles. The van der Waals surface area contributed by atoms with E-state index < -0.39 is 17.8 Å². The summed E-state index contributed by atoms with van der Waals surface area (Å²) >= 11 is 0. The zero-order valence-corrected chi connectivity index (χ0v) is 18.7. The number of halogens is 1. The summed E-state index contributed by atoms with van der Waals surface area (Å²) in [5.74, 6) is -0.319. The fraction of sp³-hybridized carbons (Fsp3) is 0.440. The summed E-state index contributed by atoms with van der Waals surface area (Å²) in [6.07, 6.45) is 0.0759. The van der Waals surface area contributed by atoms with E-state index in [1.165, 1.54) is 17.7 Å². The average Bonchev–Trinajstić information content (AvgIpc) is 3.21. The molecule has 1 fully saturated rings. The van der Waals surface area contributed by atoms with Gasteiger partial charge < -0.3 is 14.4 Å². The number of carbonyl (C=O) groups is 2. The van der Waals surface area contributed by atoms with E-state index in [9.17, 15) is 14.0 Å². The fourth-order valence-corrected chi connectivity index (χ4v) is 4.29. The SMILES string of the molecule is CC(C)(C)OC(=O)N1CC[C@@H](OC(=O)N2CCc3ccccc3C2c2ccc(F)cc2)C1. The van der Waals surface area contributed by atoms with E-state index in [2.05, 4.69) is 6.07 Å². The average molecular weight is 441 g/mol. The lowest BCUT2D eigenvalue weighted by Gasteiger charge is -2.37. The van der Waals surface area contributed by atoms with Gasteiger partial charge in [-0.15, -0.1) is 0 Å². The van der Waals surface area contributed by atoms with Crippen molar-refractivity contribution in [3.63, 3.8) is 0 Å². The molecule has 2 aliphatic rings. The Labute approximate surface area is 187 Å². The van der Waals surface area contributed by atoms with Crippen molar-refractivity contribution >= 4 is 12.2 Å². The molecule has 0 radical (unpaired) electrons. The molecule has 6 nitrogen and oxygen atoms in total. The molecule has 0 spiro atoms. The van der Waals surface area contributed by atoms with Gasteiger partial charge in [0.1, 0.15) is 17.5 Å². The van der Waals surface area contributed by atoms with Crippen LogP contribution in [0.3, 0.4) is 0 Å². The molecule has 0 bridgehead atoms. The summed E-state index contributed by atoms with van der Waals surface area (Å²) in [6.45, 7) is 6.76. The van der Waals surface area contributed by atoms with Crippen LogP contribution >= 0.6 is 0 Å². The van der Waals surface area contributed by atoms with Crippen LogP contribution in [-0.4, -0.2) is 53.3 Å². The largest absolute Gasteiger partial charge is 0.444 e. The number of hydrogen-bond donors (Lipinski definition) is 0. The van der Waals surface area contributed by atoms with Gasteiger partial charge in [0.15, 0.2) is 0 Å². The molecule has 32 heavy (non-hydrogen) atoms. The molecule has 0 saturated carbocycles. The summed E-state index contributed by atoms with van der Waals surface area (Å²) in [6, 6.07) is 13.9. The second kappa shape index (κ2) is 8.81. The van der Waals surface area contributed by atoms with E-state index in [4.69, 9.17) is 9.47 Å². The van der Waals surface area contributed by atoms with Crippen molar-refractivity contribution in [2.45, 2.75) is 51.4 Å². The third-order valence-corrected chi connectivity index (χ3v) is 5.77. The lowest BCUT2D eigenvalue weighted by atomic mass is 9.88. The van der Waals surface area contributed by atoms with Crippen molar-refractivity contribution in [3.8, 4) is 0 Å². The van der Waals surface area contributed by atoms with Crippen LogP contribution in [0.5, 0.6) is 0 Å². The second-order valence-corrected chi connectivity index (χ2v) is 9.32. The van der Waals surface area contributed by atoms with Crippen LogP contribution in [0.15, 0.2) is 48.5 Å². The first-order chi connectivity index (χ1) is 15.2. The Kier molecular flexibility index (Phi) is 6.09. The van der Waals surface area contributed by atoms with E-state index in [0.717, 1.165) is 17.5 Å². The van der Waals surface area contributed by atoms with Gasteiger partial charge in [0.25, 0.3) is 0 Å². The summed E-state index contributed by atoms with van der Waals surface area (Å²) in [4.78, 5) is 28.8. The fourth-order valence-electron chi connectivity index (χ4n) is 4.29. The molecule has 2 atom stereocenters. The van der Waals surface area contributed by atoms with Crippen molar-refractivity contribution < 1.29 is 23.5 Å².